The number of halogens is 5. The highest BCUT2D eigenvalue weighted by molar-refractivity contribution is 9.10. The second-order valence-corrected chi connectivity index (χ2v) is 6.90. The van der Waals surface area contributed by atoms with Crippen molar-refractivity contribution in [2.75, 3.05) is 4.72 Å². The Morgan fingerprint density at radius 2 is 1.62 bits per heavy atom. The molecule has 112 valence electrons. The maximum absolute atomic E-state index is 13.5. The van der Waals surface area contributed by atoms with E-state index >= 15 is 0 Å². The summed E-state index contributed by atoms with van der Waals surface area (Å²) in [5, 5.41) is -0.111. The van der Waals surface area contributed by atoms with E-state index < -0.39 is 33.2 Å². The van der Waals surface area contributed by atoms with Gasteiger partial charge in [0, 0.05) is 16.6 Å². The van der Waals surface area contributed by atoms with Crippen LogP contribution in [0, 0.1) is 17.5 Å². The lowest BCUT2D eigenvalue weighted by atomic mass is 10.3. The number of anilines is 1. The summed E-state index contributed by atoms with van der Waals surface area (Å²) < 4.78 is 65.9. The molecule has 0 amide bonds. The minimum absolute atomic E-state index is 0.111. The smallest absolute Gasteiger partial charge is 0.263 e. The van der Waals surface area contributed by atoms with Crippen molar-refractivity contribution in [1.82, 2.24) is 0 Å². The summed E-state index contributed by atoms with van der Waals surface area (Å²) in [4.78, 5) is -0.323. The van der Waals surface area contributed by atoms with Crippen molar-refractivity contribution < 1.29 is 21.6 Å². The van der Waals surface area contributed by atoms with E-state index in [0.29, 0.717) is 10.5 Å². The second kappa shape index (κ2) is 5.86. The van der Waals surface area contributed by atoms with Gasteiger partial charge in [0.2, 0.25) is 0 Å². The molecule has 0 aliphatic rings. The van der Waals surface area contributed by atoms with Crippen LogP contribution in [-0.4, -0.2) is 8.42 Å². The van der Waals surface area contributed by atoms with Gasteiger partial charge in [-0.1, -0.05) is 27.5 Å². The lowest BCUT2D eigenvalue weighted by Crippen LogP contribution is -2.15. The van der Waals surface area contributed by atoms with Crippen molar-refractivity contribution in [2.24, 2.45) is 0 Å². The Morgan fingerprint density at radius 3 is 2.24 bits per heavy atom. The van der Waals surface area contributed by atoms with E-state index in [9.17, 15) is 21.6 Å². The largest absolute Gasteiger partial charge is 0.276 e. The van der Waals surface area contributed by atoms with E-state index in [0.717, 1.165) is 0 Å². The SMILES string of the molecule is O=S(=O)(Nc1cc(F)c(F)cc1F)c1ccc(Br)cc1Cl. The molecule has 0 aliphatic heterocycles. The van der Waals surface area contributed by atoms with E-state index in [-0.39, 0.29) is 16.0 Å². The molecular weight excluding hydrogens is 395 g/mol. The molecular formula is C12H6BrClF3NO2S. The molecule has 9 heteroatoms. The number of hydrogen-bond donors (Lipinski definition) is 1. The Balaban J connectivity index is 2.45. The Bertz CT molecular complexity index is 814. The van der Waals surface area contributed by atoms with Crippen molar-refractivity contribution in [3.63, 3.8) is 0 Å². The molecule has 1 N–H and O–H groups in total. The molecule has 2 aromatic carbocycles. The van der Waals surface area contributed by atoms with Crippen LogP contribution in [0.1, 0.15) is 0 Å². The van der Waals surface area contributed by atoms with Gasteiger partial charge in [0.05, 0.1) is 10.7 Å². The van der Waals surface area contributed by atoms with Gasteiger partial charge in [0.15, 0.2) is 11.6 Å². The predicted octanol–water partition coefficient (Wildman–Crippen LogP) is 4.32. The average molecular weight is 401 g/mol. The monoisotopic (exact) mass is 399 g/mol. The minimum Gasteiger partial charge on any atom is -0.276 e. The zero-order chi connectivity index (χ0) is 15.8. The number of sulfonamides is 1. The summed E-state index contributed by atoms with van der Waals surface area (Å²) in [6.07, 6.45) is 0. The zero-order valence-corrected chi connectivity index (χ0v) is 13.2. The molecule has 2 rings (SSSR count). The van der Waals surface area contributed by atoms with Crippen LogP contribution in [0.2, 0.25) is 5.02 Å². The highest BCUT2D eigenvalue weighted by atomic mass is 79.9. The summed E-state index contributed by atoms with van der Waals surface area (Å²) in [5.41, 5.74) is -0.715. The van der Waals surface area contributed by atoms with Gasteiger partial charge < -0.3 is 0 Å². The van der Waals surface area contributed by atoms with Crippen molar-refractivity contribution in [1.29, 1.82) is 0 Å². The van der Waals surface area contributed by atoms with Gasteiger partial charge in [-0.25, -0.2) is 21.6 Å². The first-order valence-electron chi connectivity index (χ1n) is 5.33. The number of rotatable bonds is 3. The van der Waals surface area contributed by atoms with Gasteiger partial charge in [0.1, 0.15) is 10.7 Å². The van der Waals surface area contributed by atoms with E-state index in [1.54, 1.807) is 0 Å². The Kier molecular flexibility index (Phi) is 4.50. The van der Waals surface area contributed by atoms with E-state index in [1.807, 2.05) is 4.72 Å². The van der Waals surface area contributed by atoms with Gasteiger partial charge in [-0.05, 0) is 18.2 Å². The van der Waals surface area contributed by atoms with E-state index in [2.05, 4.69) is 15.9 Å². The highest BCUT2D eigenvalue weighted by Crippen LogP contribution is 2.28. The van der Waals surface area contributed by atoms with Gasteiger partial charge in [-0.3, -0.25) is 4.72 Å². The lowest BCUT2D eigenvalue weighted by molar-refractivity contribution is 0.496. The topological polar surface area (TPSA) is 46.2 Å². The first-order valence-corrected chi connectivity index (χ1v) is 7.98. The van der Waals surface area contributed by atoms with E-state index in [1.165, 1.54) is 18.2 Å². The lowest BCUT2D eigenvalue weighted by Gasteiger charge is -2.10. The van der Waals surface area contributed by atoms with Gasteiger partial charge in [0.25, 0.3) is 10.0 Å². The maximum Gasteiger partial charge on any atom is 0.263 e. The first kappa shape index (κ1) is 16.1. The van der Waals surface area contributed by atoms with Gasteiger partial charge in [-0.2, -0.15) is 0 Å². The van der Waals surface area contributed by atoms with Crippen LogP contribution in [0.25, 0.3) is 0 Å². The fraction of sp³-hybridized carbons (Fsp3) is 0. The molecule has 0 atom stereocenters. The molecule has 0 unspecified atom stereocenters. The van der Waals surface area contributed by atoms with Crippen LogP contribution < -0.4 is 4.72 Å². The maximum atomic E-state index is 13.5. The molecule has 2 aromatic rings. The molecule has 0 spiro atoms. The van der Waals surface area contributed by atoms with Crippen molar-refractivity contribution in [3.8, 4) is 0 Å². The Hall–Kier alpha value is -1.25. The van der Waals surface area contributed by atoms with E-state index in [4.69, 9.17) is 11.6 Å². The molecule has 3 nitrogen and oxygen atoms in total. The molecule has 0 bridgehead atoms. The van der Waals surface area contributed by atoms with Crippen LogP contribution in [0.15, 0.2) is 39.7 Å². The summed E-state index contributed by atoms with van der Waals surface area (Å²) in [5.74, 6) is -4.04. The van der Waals surface area contributed by atoms with Crippen LogP contribution in [-0.2, 0) is 10.0 Å². The Morgan fingerprint density at radius 1 is 1.00 bits per heavy atom. The predicted molar refractivity (Wildman–Crippen MR) is 76.3 cm³/mol. The van der Waals surface area contributed by atoms with Crippen molar-refractivity contribution in [2.45, 2.75) is 4.90 Å². The standard InChI is InChI=1S/C12H6BrClF3NO2S/c13-6-1-2-12(7(14)3-6)21(19,20)18-11-5-9(16)8(15)4-10(11)17/h1-5,18H. The van der Waals surface area contributed by atoms with Crippen LogP contribution in [0.4, 0.5) is 18.9 Å². The molecule has 0 fully saturated rings. The minimum atomic E-state index is -4.24. The normalized spacial score (nSPS) is 11.5. The summed E-state index contributed by atoms with van der Waals surface area (Å²) in [6.45, 7) is 0. The third kappa shape index (κ3) is 3.50. The molecule has 0 saturated carbocycles. The molecule has 0 radical (unpaired) electrons. The molecule has 0 aliphatic carbocycles. The van der Waals surface area contributed by atoms with Gasteiger partial charge in [-0.15, -0.1) is 0 Å². The number of hydrogen-bond acceptors (Lipinski definition) is 2. The number of benzene rings is 2. The summed E-state index contributed by atoms with van der Waals surface area (Å²) >= 11 is 8.91. The summed E-state index contributed by atoms with van der Waals surface area (Å²) in [7, 11) is -4.24. The Labute approximate surface area is 131 Å². The molecule has 0 saturated heterocycles. The van der Waals surface area contributed by atoms with Crippen LogP contribution in [0.5, 0.6) is 0 Å². The molecule has 0 aromatic heterocycles. The first-order chi connectivity index (χ1) is 9.70. The van der Waals surface area contributed by atoms with Crippen molar-refractivity contribution in [3.05, 3.63) is 57.3 Å². The fourth-order valence-corrected chi connectivity index (χ4v) is 3.59. The average Bonchev–Trinajstić information content (AvgIpc) is 2.35. The van der Waals surface area contributed by atoms with Crippen LogP contribution >= 0.6 is 27.5 Å². The third-order valence-electron chi connectivity index (χ3n) is 2.44. The third-order valence-corrected chi connectivity index (χ3v) is 4.78. The second-order valence-electron chi connectivity index (χ2n) is 3.93. The fourth-order valence-electron chi connectivity index (χ4n) is 1.49. The van der Waals surface area contributed by atoms with Gasteiger partial charge >= 0.3 is 0 Å². The zero-order valence-electron chi connectivity index (χ0n) is 10.0. The molecule has 21 heavy (non-hydrogen) atoms. The summed E-state index contributed by atoms with van der Waals surface area (Å²) in [6, 6.07) is 4.59. The number of nitrogens with one attached hydrogen (secondary N) is 1. The quantitative estimate of drug-likeness (QED) is 0.780. The molecule has 0 heterocycles. The highest BCUT2D eigenvalue weighted by Gasteiger charge is 2.21. The van der Waals surface area contributed by atoms with Crippen molar-refractivity contribution >= 4 is 43.2 Å². The van der Waals surface area contributed by atoms with Crippen LogP contribution in [0.3, 0.4) is 0 Å².